The zero-order chi connectivity index (χ0) is 14.4. The van der Waals surface area contributed by atoms with E-state index in [4.69, 9.17) is 16.9 Å². The first-order valence-electron chi connectivity index (χ1n) is 6.15. The van der Waals surface area contributed by atoms with Gasteiger partial charge in [0.15, 0.2) is 0 Å². The molecule has 0 saturated carbocycles. The van der Waals surface area contributed by atoms with E-state index in [0.717, 1.165) is 0 Å². The monoisotopic (exact) mass is 286 g/mol. The van der Waals surface area contributed by atoms with Gasteiger partial charge in [-0.15, -0.1) is 11.6 Å². The minimum Gasteiger partial charge on any atom is -0.366 e. The highest BCUT2D eigenvalue weighted by molar-refractivity contribution is 6.17. The molecule has 0 aliphatic carbocycles. The Balaban J connectivity index is 3.10. The van der Waals surface area contributed by atoms with Gasteiger partial charge in [0.25, 0.3) is 0 Å². The lowest BCUT2D eigenvalue weighted by molar-refractivity contribution is 0.547. The minimum absolute atomic E-state index is 0.0660. The summed E-state index contributed by atoms with van der Waals surface area (Å²) in [6.45, 7) is 4.73. The fourth-order valence-electron chi connectivity index (χ4n) is 1.92. The van der Waals surface area contributed by atoms with E-state index in [1.54, 1.807) is 4.90 Å². The number of benzene rings is 1. The van der Waals surface area contributed by atoms with Crippen LogP contribution in [0.2, 0.25) is 0 Å². The van der Waals surface area contributed by atoms with Gasteiger partial charge in [-0.1, -0.05) is 13.8 Å². The van der Waals surface area contributed by atoms with Crippen LogP contribution in [-0.4, -0.2) is 13.1 Å². The number of nitriles is 1. The van der Waals surface area contributed by atoms with Crippen LogP contribution >= 0.6 is 11.6 Å². The van der Waals surface area contributed by atoms with Gasteiger partial charge in [0.05, 0.1) is 12.5 Å². The Kier molecular flexibility index (Phi) is 6.04. The third kappa shape index (κ3) is 4.36. The Morgan fingerprint density at radius 1 is 1.32 bits per heavy atom. The van der Waals surface area contributed by atoms with E-state index in [1.165, 1.54) is 12.1 Å². The number of nitrogens with zero attached hydrogens (tertiary/aromatic N) is 2. The summed E-state index contributed by atoms with van der Waals surface area (Å²) in [4.78, 5) is 1.58. The van der Waals surface area contributed by atoms with Crippen molar-refractivity contribution in [2.75, 3.05) is 18.0 Å². The van der Waals surface area contributed by atoms with Crippen molar-refractivity contribution >= 4 is 17.3 Å². The lowest BCUT2D eigenvalue weighted by Crippen LogP contribution is -2.30. The largest absolute Gasteiger partial charge is 0.366 e. The van der Waals surface area contributed by atoms with Crippen molar-refractivity contribution in [1.29, 1.82) is 5.26 Å². The summed E-state index contributed by atoms with van der Waals surface area (Å²) in [5, 5.41) is 8.64. The zero-order valence-corrected chi connectivity index (χ0v) is 11.8. The molecule has 0 bridgehead atoms. The molecular formula is C14H17ClF2N2. The third-order valence-electron chi connectivity index (χ3n) is 2.63. The van der Waals surface area contributed by atoms with Crippen molar-refractivity contribution in [2.45, 2.75) is 26.1 Å². The predicted octanol–water partition coefficient (Wildman–Crippen LogP) is 4.08. The lowest BCUT2D eigenvalue weighted by atomic mass is 10.1. The topological polar surface area (TPSA) is 27.0 Å². The van der Waals surface area contributed by atoms with E-state index in [2.05, 4.69) is 0 Å². The quantitative estimate of drug-likeness (QED) is 0.737. The molecule has 1 aromatic rings. The molecule has 0 aromatic heterocycles. The molecule has 0 saturated heterocycles. The molecular weight excluding hydrogens is 270 g/mol. The molecule has 0 unspecified atom stereocenters. The van der Waals surface area contributed by atoms with Gasteiger partial charge >= 0.3 is 0 Å². The second-order valence-electron chi connectivity index (χ2n) is 4.79. The molecule has 0 atom stereocenters. The average molecular weight is 287 g/mol. The van der Waals surface area contributed by atoms with Crippen LogP contribution in [0.25, 0.3) is 0 Å². The van der Waals surface area contributed by atoms with Crippen LogP contribution in [0.5, 0.6) is 0 Å². The molecule has 1 aromatic carbocycles. The third-order valence-corrected chi connectivity index (χ3v) is 2.93. The van der Waals surface area contributed by atoms with Gasteiger partial charge in [0.2, 0.25) is 0 Å². The fourth-order valence-corrected chi connectivity index (χ4v) is 2.07. The SMILES string of the molecule is CC(C)CN(CCC#N)c1c(F)cc(CCl)cc1F. The molecule has 2 nitrogen and oxygen atoms in total. The zero-order valence-electron chi connectivity index (χ0n) is 11.1. The molecule has 1 rings (SSSR count). The second kappa shape index (κ2) is 7.30. The molecule has 0 N–H and O–H groups in total. The first kappa shape index (κ1) is 15.7. The van der Waals surface area contributed by atoms with E-state index in [9.17, 15) is 8.78 Å². The lowest BCUT2D eigenvalue weighted by Gasteiger charge is -2.26. The Bertz CT molecular complexity index is 446. The maximum absolute atomic E-state index is 14.0. The molecule has 5 heteroatoms. The van der Waals surface area contributed by atoms with Crippen molar-refractivity contribution in [1.82, 2.24) is 0 Å². The first-order chi connectivity index (χ1) is 8.99. The van der Waals surface area contributed by atoms with Gasteiger partial charge < -0.3 is 4.90 Å². The molecule has 0 radical (unpaired) electrons. The highest BCUT2D eigenvalue weighted by Crippen LogP contribution is 2.26. The van der Waals surface area contributed by atoms with Crippen LogP contribution in [0.4, 0.5) is 14.5 Å². The highest BCUT2D eigenvalue weighted by Gasteiger charge is 2.18. The van der Waals surface area contributed by atoms with Gasteiger partial charge in [0.1, 0.15) is 17.3 Å². The van der Waals surface area contributed by atoms with Crippen molar-refractivity contribution < 1.29 is 8.78 Å². The number of anilines is 1. The molecule has 0 heterocycles. The summed E-state index contributed by atoms with van der Waals surface area (Å²) in [6.07, 6.45) is 0.225. The Labute approximate surface area is 117 Å². The van der Waals surface area contributed by atoms with E-state index in [0.29, 0.717) is 18.7 Å². The number of halogens is 3. The maximum Gasteiger partial charge on any atom is 0.149 e. The summed E-state index contributed by atoms with van der Waals surface area (Å²) in [5.41, 5.74) is 0.336. The molecule has 0 spiro atoms. The summed E-state index contributed by atoms with van der Waals surface area (Å²) in [7, 11) is 0. The van der Waals surface area contributed by atoms with Crippen molar-refractivity contribution in [3.8, 4) is 6.07 Å². The molecule has 19 heavy (non-hydrogen) atoms. The maximum atomic E-state index is 14.0. The van der Waals surface area contributed by atoms with Gasteiger partial charge in [-0.2, -0.15) is 5.26 Å². The summed E-state index contributed by atoms with van der Waals surface area (Å²) >= 11 is 5.58. The Morgan fingerprint density at radius 2 is 1.89 bits per heavy atom. The molecule has 0 fully saturated rings. The molecule has 0 aliphatic rings. The van der Waals surface area contributed by atoms with Crippen LogP contribution in [0, 0.1) is 28.9 Å². The molecule has 0 aliphatic heterocycles. The summed E-state index contributed by atoms with van der Waals surface area (Å²) in [6, 6.07) is 4.48. The van der Waals surface area contributed by atoms with Gasteiger partial charge in [-0.25, -0.2) is 8.78 Å². The first-order valence-corrected chi connectivity index (χ1v) is 6.68. The van der Waals surface area contributed by atoms with Crippen LogP contribution in [0.15, 0.2) is 12.1 Å². The van der Waals surface area contributed by atoms with Crippen molar-refractivity contribution in [2.24, 2.45) is 5.92 Å². The predicted molar refractivity (Wildman–Crippen MR) is 73.2 cm³/mol. The van der Waals surface area contributed by atoms with Crippen molar-refractivity contribution in [3.63, 3.8) is 0 Å². The smallest absolute Gasteiger partial charge is 0.149 e. The number of rotatable bonds is 6. The standard InChI is InChI=1S/C14H17ClF2N2/c1-10(2)9-19(5-3-4-18)14-12(16)6-11(8-15)7-13(14)17/h6-7,10H,3,5,8-9H2,1-2H3. The van der Waals surface area contributed by atoms with Crippen LogP contribution in [0.3, 0.4) is 0 Å². The summed E-state index contributed by atoms with van der Waals surface area (Å²) in [5.74, 6) is -0.954. The van der Waals surface area contributed by atoms with Gasteiger partial charge in [-0.05, 0) is 23.6 Å². The van der Waals surface area contributed by atoms with Crippen molar-refractivity contribution in [3.05, 3.63) is 29.3 Å². The van der Waals surface area contributed by atoms with E-state index >= 15 is 0 Å². The number of alkyl halides is 1. The Hall–Kier alpha value is -1.34. The summed E-state index contributed by atoms with van der Waals surface area (Å²) < 4.78 is 28.0. The van der Waals surface area contributed by atoms with E-state index < -0.39 is 11.6 Å². The van der Waals surface area contributed by atoms with Crippen LogP contribution in [-0.2, 0) is 5.88 Å². The van der Waals surface area contributed by atoms with Crippen LogP contribution in [0.1, 0.15) is 25.8 Å². The average Bonchev–Trinajstić information content (AvgIpc) is 2.33. The molecule has 104 valence electrons. The van der Waals surface area contributed by atoms with Crippen LogP contribution < -0.4 is 4.90 Å². The van der Waals surface area contributed by atoms with E-state index in [-0.39, 0.29) is 23.9 Å². The fraction of sp³-hybridized carbons (Fsp3) is 0.500. The van der Waals surface area contributed by atoms with Gasteiger partial charge in [-0.3, -0.25) is 0 Å². The normalized spacial score (nSPS) is 10.6. The van der Waals surface area contributed by atoms with Gasteiger partial charge in [0, 0.05) is 19.0 Å². The molecule has 0 amide bonds. The second-order valence-corrected chi connectivity index (χ2v) is 5.06. The van der Waals surface area contributed by atoms with E-state index in [1.807, 2.05) is 19.9 Å². The number of hydrogen-bond donors (Lipinski definition) is 0. The minimum atomic E-state index is -0.630. The Morgan fingerprint density at radius 3 is 2.32 bits per heavy atom. The number of hydrogen-bond acceptors (Lipinski definition) is 2. The highest BCUT2D eigenvalue weighted by atomic mass is 35.5.